The summed E-state index contributed by atoms with van der Waals surface area (Å²) in [6.07, 6.45) is 0. The Bertz CT molecular complexity index is 533. The smallest absolute Gasteiger partial charge is 0.251 e. The van der Waals surface area contributed by atoms with Gasteiger partial charge >= 0.3 is 0 Å². The highest BCUT2D eigenvalue weighted by atomic mass is 35.5. The van der Waals surface area contributed by atoms with E-state index in [-0.39, 0.29) is 11.9 Å². The van der Waals surface area contributed by atoms with Crippen molar-refractivity contribution in [2.24, 2.45) is 0 Å². The Balaban J connectivity index is 2.35. The van der Waals surface area contributed by atoms with Crippen LogP contribution in [0.2, 0.25) is 5.28 Å². The summed E-state index contributed by atoms with van der Waals surface area (Å²) in [4.78, 5) is 18.7. The van der Waals surface area contributed by atoms with E-state index in [4.69, 9.17) is 11.6 Å². The van der Waals surface area contributed by atoms with Crippen LogP contribution < -0.4 is 5.32 Å². The fourth-order valence-electron chi connectivity index (χ4n) is 1.47. The number of fused-ring (bicyclic) bond motifs is 1. The van der Waals surface area contributed by atoms with Gasteiger partial charge < -0.3 is 10.3 Å². The van der Waals surface area contributed by atoms with E-state index in [1.807, 2.05) is 13.8 Å². The van der Waals surface area contributed by atoms with Crippen molar-refractivity contribution in [3.8, 4) is 0 Å². The molecule has 1 heterocycles. The summed E-state index contributed by atoms with van der Waals surface area (Å²) < 4.78 is 0. The van der Waals surface area contributed by atoms with Gasteiger partial charge in [-0.05, 0) is 43.6 Å². The third-order valence-corrected chi connectivity index (χ3v) is 2.31. The molecular weight excluding hydrogens is 226 g/mol. The van der Waals surface area contributed by atoms with Crippen molar-refractivity contribution in [1.82, 2.24) is 15.3 Å². The van der Waals surface area contributed by atoms with Crippen molar-refractivity contribution >= 4 is 28.5 Å². The number of carbonyl (C=O) groups excluding carboxylic acids is 1. The molecule has 0 aliphatic rings. The average molecular weight is 238 g/mol. The highest BCUT2D eigenvalue weighted by Gasteiger charge is 2.09. The summed E-state index contributed by atoms with van der Waals surface area (Å²) in [6.45, 7) is 3.84. The maximum Gasteiger partial charge on any atom is 0.251 e. The molecule has 1 aromatic carbocycles. The van der Waals surface area contributed by atoms with Gasteiger partial charge in [-0.1, -0.05) is 0 Å². The number of carbonyl (C=O) groups is 1. The molecule has 1 amide bonds. The van der Waals surface area contributed by atoms with Crippen molar-refractivity contribution in [3.63, 3.8) is 0 Å². The first-order valence-corrected chi connectivity index (χ1v) is 5.40. The lowest BCUT2D eigenvalue weighted by Crippen LogP contribution is -2.29. The third kappa shape index (κ3) is 2.17. The predicted octanol–water partition coefficient (Wildman–Crippen LogP) is 2.35. The van der Waals surface area contributed by atoms with Crippen LogP contribution in [0.4, 0.5) is 0 Å². The van der Waals surface area contributed by atoms with Crippen LogP contribution in [0.5, 0.6) is 0 Å². The first-order valence-electron chi connectivity index (χ1n) is 5.02. The number of imidazole rings is 1. The molecule has 16 heavy (non-hydrogen) atoms. The standard InChI is InChI=1S/C11H12ClN3O/c1-6(2)13-10(16)7-3-4-8-9(5-7)15-11(12)14-8/h3-6H,1-2H3,(H,13,16)(H,14,15). The molecule has 2 aromatic rings. The molecule has 2 rings (SSSR count). The fraction of sp³-hybridized carbons (Fsp3) is 0.273. The number of rotatable bonds is 2. The highest BCUT2D eigenvalue weighted by Crippen LogP contribution is 2.16. The van der Waals surface area contributed by atoms with E-state index < -0.39 is 0 Å². The number of benzene rings is 1. The lowest BCUT2D eigenvalue weighted by atomic mass is 10.2. The predicted molar refractivity (Wildman–Crippen MR) is 63.7 cm³/mol. The minimum Gasteiger partial charge on any atom is -0.350 e. The topological polar surface area (TPSA) is 57.8 Å². The molecule has 0 saturated carbocycles. The normalized spacial score (nSPS) is 11.0. The first kappa shape index (κ1) is 11.0. The largest absolute Gasteiger partial charge is 0.350 e. The van der Waals surface area contributed by atoms with E-state index >= 15 is 0 Å². The Labute approximate surface area is 98.0 Å². The number of hydrogen-bond acceptors (Lipinski definition) is 2. The molecule has 84 valence electrons. The number of nitrogens with one attached hydrogen (secondary N) is 2. The Morgan fingerprint density at radius 1 is 1.50 bits per heavy atom. The van der Waals surface area contributed by atoms with E-state index in [0.29, 0.717) is 10.8 Å². The molecule has 5 heteroatoms. The molecule has 4 nitrogen and oxygen atoms in total. The van der Waals surface area contributed by atoms with Crippen LogP contribution in [0.3, 0.4) is 0 Å². The summed E-state index contributed by atoms with van der Waals surface area (Å²) >= 11 is 5.73. The summed E-state index contributed by atoms with van der Waals surface area (Å²) in [6, 6.07) is 5.37. The Morgan fingerprint density at radius 3 is 2.94 bits per heavy atom. The van der Waals surface area contributed by atoms with Gasteiger partial charge in [0.1, 0.15) is 0 Å². The van der Waals surface area contributed by atoms with Gasteiger partial charge in [0.2, 0.25) is 5.28 Å². The van der Waals surface area contributed by atoms with E-state index in [2.05, 4.69) is 15.3 Å². The molecule has 0 saturated heterocycles. The Hall–Kier alpha value is -1.55. The van der Waals surface area contributed by atoms with Gasteiger partial charge in [-0.2, -0.15) is 0 Å². The van der Waals surface area contributed by atoms with E-state index in [1.165, 1.54) is 0 Å². The second kappa shape index (κ2) is 4.14. The Morgan fingerprint density at radius 2 is 2.25 bits per heavy atom. The van der Waals surface area contributed by atoms with Gasteiger partial charge in [0.05, 0.1) is 11.0 Å². The molecule has 0 atom stereocenters. The van der Waals surface area contributed by atoms with Crippen LogP contribution >= 0.6 is 11.6 Å². The molecule has 0 aliphatic carbocycles. The van der Waals surface area contributed by atoms with Gasteiger partial charge in [0.15, 0.2) is 0 Å². The van der Waals surface area contributed by atoms with Crippen LogP contribution in [0, 0.1) is 0 Å². The lowest BCUT2D eigenvalue weighted by Gasteiger charge is -2.07. The zero-order valence-corrected chi connectivity index (χ0v) is 9.80. The zero-order valence-electron chi connectivity index (χ0n) is 9.04. The number of H-pyrrole nitrogens is 1. The van der Waals surface area contributed by atoms with Gasteiger partial charge in [0.25, 0.3) is 5.91 Å². The SMILES string of the molecule is CC(C)NC(=O)c1ccc2nc(Cl)[nH]c2c1. The molecular formula is C11H12ClN3O. The average Bonchev–Trinajstić information content (AvgIpc) is 2.55. The van der Waals surface area contributed by atoms with Crippen LogP contribution in [0.25, 0.3) is 11.0 Å². The maximum atomic E-state index is 11.7. The van der Waals surface area contributed by atoms with Crippen LogP contribution in [-0.4, -0.2) is 21.9 Å². The van der Waals surface area contributed by atoms with Gasteiger partial charge in [0, 0.05) is 11.6 Å². The lowest BCUT2D eigenvalue weighted by molar-refractivity contribution is 0.0943. The van der Waals surface area contributed by atoms with Gasteiger partial charge in [-0.25, -0.2) is 4.98 Å². The summed E-state index contributed by atoms with van der Waals surface area (Å²) in [5.74, 6) is -0.0948. The number of hydrogen-bond donors (Lipinski definition) is 2. The van der Waals surface area contributed by atoms with Gasteiger partial charge in [-0.15, -0.1) is 0 Å². The van der Waals surface area contributed by atoms with Crippen molar-refractivity contribution in [3.05, 3.63) is 29.0 Å². The van der Waals surface area contributed by atoms with E-state index in [1.54, 1.807) is 18.2 Å². The minimum atomic E-state index is -0.0948. The monoisotopic (exact) mass is 237 g/mol. The number of halogens is 1. The van der Waals surface area contributed by atoms with Crippen molar-refractivity contribution in [1.29, 1.82) is 0 Å². The molecule has 2 N–H and O–H groups in total. The summed E-state index contributed by atoms with van der Waals surface area (Å²) in [7, 11) is 0. The number of aromatic nitrogens is 2. The van der Waals surface area contributed by atoms with Crippen LogP contribution in [-0.2, 0) is 0 Å². The van der Waals surface area contributed by atoms with Gasteiger partial charge in [-0.3, -0.25) is 4.79 Å². The second-order valence-corrected chi connectivity index (χ2v) is 4.25. The van der Waals surface area contributed by atoms with Crippen LogP contribution in [0.15, 0.2) is 18.2 Å². The molecule has 0 unspecified atom stereocenters. The molecule has 0 spiro atoms. The molecule has 1 aromatic heterocycles. The molecule has 0 aliphatic heterocycles. The first-order chi connectivity index (χ1) is 7.56. The molecule has 0 fully saturated rings. The van der Waals surface area contributed by atoms with E-state index in [0.717, 1.165) is 11.0 Å². The van der Waals surface area contributed by atoms with Crippen molar-refractivity contribution in [2.75, 3.05) is 0 Å². The summed E-state index contributed by atoms with van der Waals surface area (Å²) in [5.41, 5.74) is 2.12. The molecule has 0 bridgehead atoms. The molecule has 0 radical (unpaired) electrons. The van der Waals surface area contributed by atoms with E-state index in [9.17, 15) is 4.79 Å². The second-order valence-electron chi connectivity index (χ2n) is 3.89. The summed E-state index contributed by atoms with van der Waals surface area (Å²) in [5, 5.41) is 3.15. The van der Waals surface area contributed by atoms with Crippen molar-refractivity contribution in [2.45, 2.75) is 19.9 Å². The van der Waals surface area contributed by atoms with Crippen molar-refractivity contribution < 1.29 is 4.79 Å². The minimum absolute atomic E-state index is 0.0948. The quantitative estimate of drug-likeness (QED) is 0.843. The Kier molecular flexibility index (Phi) is 2.83. The number of nitrogens with zero attached hydrogens (tertiary/aromatic N) is 1. The maximum absolute atomic E-state index is 11.7. The highest BCUT2D eigenvalue weighted by molar-refractivity contribution is 6.29. The zero-order chi connectivity index (χ0) is 11.7. The third-order valence-electron chi connectivity index (χ3n) is 2.13. The van der Waals surface area contributed by atoms with Crippen LogP contribution in [0.1, 0.15) is 24.2 Å². The fourth-order valence-corrected chi connectivity index (χ4v) is 1.66. The number of amides is 1. The number of aromatic amines is 1.